The Balaban J connectivity index is 1.43. The molecule has 0 radical (unpaired) electrons. The number of piperidine rings is 1. The number of quaternary nitrogens is 1. The predicted molar refractivity (Wildman–Crippen MR) is 89.6 cm³/mol. The fraction of sp³-hybridized carbons (Fsp3) is 0.500. The fourth-order valence-electron chi connectivity index (χ4n) is 4.11. The second-order valence-electron chi connectivity index (χ2n) is 6.80. The highest BCUT2D eigenvalue weighted by molar-refractivity contribution is 6.04. The minimum atomic E-state index is -0.172. The van der Waals surface area contributed by atoms with E-state index in [1.165, 1.54) is 9.80 Å². The van der Waals surface area contributed by atoms with Crippen LogP contribution in [0.2, 0.25) is 0 Å². The summed E-state index contributed by atoms with van der Waals surface area (Å²) < 4.78 is 0. The Bertz CT molecular complexity index is 743. The number of para-hydroxylation sites is 2. The van der Waals surface area contributed by atoms with Gasteiger partial charge in [0.05, 0.1) is 30.5 Å². The number of hydrogen-bond donors (Lipinski definition) is 2. The summed E-state index contributed by atoms with van der Waals surface area (Å²) in [6, 6.07) is 7.92. The van der Waals surface area contributed by atoms with Crippen LogP contribution in [0.1, 0.15) is 37.9 Å². The SMILES string of the molecule is CCN1C(=O)C[C@@H]([NH+]2CCC(c3nc4ccccc4[nH]3)CC2)C1=O. The molecule has 0 bridgehead atoms. The van der Waals surface area contributed by atoms with Crippen molar-refractivity contribution in [1.29, 1.82) is 0 Å². The van der Waals surface area contributed by atoms with Crippen LogP contribution >= 0.6 is 0 Å². The summed E-state index contributed by atoms with van der Waals surface area (Å²) in [5.74, 6) is 1.47. The highest BCUT2D eigenvalue weighted by Crippen LogP contribution is 2.24. The van der Waals surface area contributed by atoms with Crippen LogP contribution in [0.15, 0.2) is 24.3 Å². The summed E-state index contributed by atoms with van der Waals surface area (Å²) >= 11 is 0. The number of H-pyrrole nitrogens is 1. The summed E-state index contributed by atoms with van der Waals surface area (Å²) in [5, 5.41) is 0. The first kappa shape index (κ1) is 15.3. The van der Waals surface area contributed by atoms with Crippen molar-refractivity contribution in [2.45, 2.75) is 38.1 Å². The van der Waals surface area contributed by atoms with Gasteiger partial charge in [0, 0.05) is 25.3 Å². The number of fused-ring (bicyclic) bond motifs is 1. The molecule has 1 aromatic carbocycles. The normalized spacial score (nSPS) is 28.0. The monoisotopic (exact) mass is 327 g/mol. The Morgan fingerprint density at radius 3 is 2.67 bits per heavy atom. The lowest BCUT2D eigenvalue weighted by molar-refractivity contribution is -0.920. The van der Waals surface area contributed by atoms with Crippen LogP contribution in [0.4, 0.5) is 0 Å². The molecule has 3 heterocycles. The largest absolute Gasteiger partial charge is 0.342 e. The number of aromatic amines is 1. The van der Waals surface area contributed by atoms with Crippen LogP contribution in [0, 0.1) is 0 Å². The van der Waals surface area contributed by atoms with Gasteiger partial charge in [-0.05, 0) is 19.1 Å². The Morgan fingerprint density at radius 2 is 2.00 bits per heavy atom. The molecule has 2 aliphatic heterocycles. The molecule has 126 valence electrons. The van der Waals surface area contributed by atoms with Crippen LogP contribution in [-0.2, 0) is 9.59 Å². The summed E-state index contributed by atoms with van der Waals surface area (Å²) in [6.07, 6.45) is 2.37. The molecular weight excluding hydrogens is 304 g/mol. The molecule has 2 aromatic rings. The minimum absolute atomic E-state index is 0.0136. The summed E-state index contributed by atoms with van der Waals surface area (Å²) in [6.45, 7) is 4.19. The molecule has 0 aliphatic carbocycles. The maximum Gasteiger partial charge on any atom is 0.287 e. The van der Waals surface area contributed by atoms with Gasteiger partial charge in [0.15, 0.2) is 6.04 Å². The number of amides is 2. The molecule has 2 saturated heterocycles. The summed E-state index contributed by atoms with van der Waals surface area (Å²) in [7, 11) is 0. The van der Waals surface area contributed by atoms with Crippen LogP contribution in [-0.4, -0.2) is 52.4 Å². The number of imidazole rings is 1. The zero-order valence-electron chi connectivity index (χ0n) is 13.9. The van der Waals surface area contributed by atoms with Crippen LogP contribution in [0.25, 0.3) is 11.0 Å². The Kier molecular flexibility index (Phi) is 3.84. The van der Waals surface area contributed by atoms with E-state index in [2.05, 4.69) is 4.98 Å². The molecule has 4 rings (SSSR count). The van der Waals surface area contributed by atoms with Crippen LogP contribution in [0.3, 0.4) is 0 Å². The molecule has 0 spiro atoms. The van der Waals surface area contributed by atoms with Gasteiger partial charge in [0.25, 0.3) is 5.91 Å². The molecule has 0 saturated carbocycles. The molecule has 2 fully saturated rings. The second kappa shape index (κ2) is 6.02. The summed E-state index contributed by atoms with van der Waals surface area (Å²) in [5.41, 5.74) is 2.09. The standard InChI is InChI=1S/C18H22N4O2/c1-2-22-16(23)11-15(18(22)24)21-9-7-12(8-10-21)17-19-13-5-3-4-6-14(13)20-17/h3-6,12,15H,2,7-11H2,1H3,(H,19,20)/p+1/t15-/m1/s1. The number of likely N-dealkylation sites (N-methyl/N-ethyl adjacent to an activating group) is 1. The summed E-state index contributed by atoms with van der Waals surface area (Å²) in [4.78, 5) is 35.1. The fourth-order valence-corrected chi connectivity index (χ4v) is 4.11. The predicted octanol–water partition coefficient (Wildman–Crippen LogP) is 0.473. The van der Waals surface area contributed by atoms with E-state index in [0.29, 0.717) is 18.9 Å². The minimum Gasteiger partial charge on any atom is -0.342 e. The first-order valence-corrected chi connectivity index (χ1v) is 8.80. The highest BCUT2D eigenvalue weighted by atomic mass is 16.2. The lowest BCUT2D eigenvalue weighted by atomic mass is 9.95. The lowest BCUT2D eigenvalue weighted by Crippen LogP contribution is -3.17. The van der Waals surface area contributed by atoms with E-state index in [9.17, 15) is 9.59 Å². The molecule has 2 amide bonds. The van der Waals surface area contributed by atoms with E-state index < -0.39 is 0 Å². The third-order valence-electron chi connectivity index (χ3n) is 5.48. The van der Waals surface area contributed by atoms with E-state index in [-0.39, 0.29) is 17.9 Å². The number of likely N-dealkylation sites (tertiary alicyclic amines) is 2. The van der Waals surface area contributed by atoms with Crippen LogP contribution in [0.5, 0.6) is 0 Å². The number of imide groups is 1. The molecule has 2 N–H and O–H groups in total. The third kappa shape index (κ3) is 2.51. The number of nitrogens with zero attached hydrogens (tertiary/aromatic N) is 2. The van der Waals surface area contributed by atoms with E-state index in [4.69, 9.17) is 4.98 Å². The van der Waals surface area contributed by atoms with Crippen molar-refractivity contribution >= 4 is 22.8 Å². The quantitative estimate of drug-likeness (QED) is 0.805. The van der Waals surface area contributed by atoms with Crippen molar-refractivity contribution in [2.75, 3.05) is 19.6 Å². The average Bonchev–Trinajstić information content (AvgIpc) is 3.16. The lowest BCUT2D eigenvalue weighted by Gasteiger charge is -2.31. The number of aromatic nitrogens is 2. The molecule has 24 heavy (non-hydrogen) atoms. The molecule has 6 nitrogen and oxygen atoms in total. The van der Waals surface area contributed by atoms with Gasteiger partial charge in [-0.1, -0.05) is 12.1 Å². The Hall–Kier alpha value is -2.21. The van der Waals surface area contributed by atoms with Gasteiger partial charge in [-0.15, -0.1) is 0 Å². The van der Waals surface area contributed by atoms with Crippen molar-refractivity contribution in [2.24, 2.45) is 0 Å². The van der Waals surface area contributed by atoms with Gasteiger partial charge in [-0.2, -0.15) is 0 Å². The zero-order valence-corrected chi connectivity index (χ0v) is 13.9. The van der Waals surface area contributed by atoms with Gasteiger partial charge < -0.3 is 9.88 Å². The van der Waals surface area contributed by atoms with Crippen molar-refractivity contribution in [3.63, 3.8) is 0 Å². The number of hydrogen-bond acceptors (Lipinski definition) is 3. The van der Waals surface area contributed by atoms with Crippen molar-refractivity contribution in [1.82, 2.24) is 14.9 Å². The molecular formula is C18H23N4O2+. The molecule has 1 aromatic heterocycles. The zero-order chi connectivity index (χ0) is 16.7. The smallest absolute Gasteiger partial charge is 0.287 e. The molecule has 6 heteroatoms. The molecule has 2 aliphatic rings. The number of carbonyl (C=O) groups excluding carboxylic acids is 2. The molecule has 0 unspecified atom stereocenters. The van der Waals surface area contributed by atoms with Gasteiger partial charge in [-0.3, -0.25) is 14.5 Å². The van der Waals surface area contributed by atoms with Gasteiger partial charge >= 0.3 is 0 Å². The maximum atomic E-state index is 12.4. The third-order valence-corrected chi connectivity index (χ3v) is 5.48. The number of carbonyl (C=O) groups is 2. The van der Waals surface area contributed by atoms with Crippen molar-refractivity contribution < 1.29 is 14.5 Å². The van der Waals surface area contributed by atoms with E-state index in [0.717, 1.165) is 42.8 Å². The van der Waals surface area contributed by atoms with Gasteiger partial charge in [-0.25, -0.2) is 4.98 Å². The van der Waals surface area contributed by atoms with Crippen LogP contribution < -0.4 is 4.90 Å². The van der Waals surface area contributed by atoms with Gasteiger partial charge in [0.1, 0.15) is 5.82 Å². The van der Waals surface area contributed by atoms with E-state index in [1.54, 1.807) is 0 Å². The Morgan fingerprint density at radius 1 is 1.25 bits per heavy atom. The number of rotatable bonds is 3. The molecule has 1 atom stereocenters. The average molecular weight is 327 g/mol. The van der Waals surface area contributed by atoms with E-state index >= 15 is 0 Å². The Labute approximate surface area is 140 Å². The topological polar surface area (TPSA) is 70.5 Å². The maximum absolute atomic E-state index is 12.4. The van der Waals surface area contributed by atoms with Crippen molar-refractivity contribution in [3.8, 4) is 0 Å². The second-order valence-corrected chi connectivity index (χ2v) is 6.80. The first-order valence-electron chi connectivity index (χ1n) is 8.80. The van der Waals surface area contributed by atoms with Crippen molar-refractivity contribution in [3.05, 3.63) is 30.1 Å². The highest BCUT2D eigenvalue weighted by Gasteiger charge is 2.45. The number of nitrogens with one attached hydrogen (secondary N) is 2. The van der Waals surface area contributed by atoms with Gasteiger partial charge in [0.2, 0.25) is 5.91 Å². The first-order chi connectivity index (χ1) is 11.7. The van der Waals surface area contributed by atoms with E-state index in [1.807, 2.05) is 31.2 Å². The number of benzene rings is 1.